The highest BCUT2D eigenvalue weighted by molar-refractivity contribution is 9.10. The van der Waals surface area contributed by atoms with Gasteiger partial charge in [0, 0.05) is 16.5 Å². The van der Waals surface area contributed by atoms with E-state index in [0.29, 0.717) is 5.56 Å². The van der Waals surface area contributed by atoms with E-state index in [-0.39, 0.29) is 17.1 Å². The highest BCUT2D eigenvalue weighted by atomic mass is 79.9. The smallest absolute Gasteiger partial charge is 0.269 e. The van der Waals surface area contributed by atoms with Gasteiger partial charge < -0.3 is 0 Å². The summed E-state index contributed by atoms with van der Waals surface area (Å²) in [4.78, 5) is 23.7. The molecule has 0 heterocycles. The molecular formula is C16H15BrN2O4S. The van der Waals surface area contributed by atoms with Crippen molar-refractivity contribution < 1.29 is 18.0 Å². The molecule has 0 bridgehead atoms. The first-order valence-corrected chi connectivity index (χ1v) is 9.45. The Morgan fingerprint density at radius 3 is 2.17 bits per heavy atom. The fraction of sp³-hybridized carbons (Fsp3) is 0.125. The van der Waals surface area contributed by atoms with Crippen molar-refractivity contribution >= 4 is 37.6 Å². The van der Waals surface area contributed by atoms with E-state index in [9.17, 15) is 18.0 Å². The van der Waals surface area contributed by atoms with Gasteiger partial charge in [-0.2, -0.15) is 0 Å². The minimum Gasteiger partial charge on any atom is -0.273 e. The standard InChI is InChI=1S/C16H15BrN2O4S/c17-13-8-6-12(7-9-13)16(21)19-18-15(20)10-11-24(22,23)14-4-2-1-3-5-14/h1-9H,10-11H2,(H,18,20)(H,19,21). The maximum atomic E-state index is 12.1. The van der Waals surface area contributed by atoms with E-state index in [4.69, 9.17) is 0 Å². The Balaban J connectivity index is 1.83. The normalized spacial score (nSPS) is 10.9. The lowest BCUT2D eigenvalue weighted by Crippen LogP contribution is -2.42. The van der Waals surface area contributed by atoms with Crippen LogP contribution in [-0.4, -0.2) is 26.0 Å². The van der Waals surface area contributed by atoms with Crippen molar-refractivity contribution in [3.63, 3.8) is 0 Å². The molecule has 0 unspecified atom stereocenters. The molecule has 0 fully saturated rings. The van der Waals surface area contributed by atoms with Crippen molar-refractivity contribution in [2.75, 3.05) is 5.75 Å². The predicted molar refractivity (Wildman–Crippen MR) is 92.9 cm³/mol. The van der Waals surface area contributed by atoms with E-state index in [2.05, 4.69) is 26.8 Å². The second-order valence-electron chi connectivity index (χ2n) is 4.89. The Bertz CT molecular complexity index is 821. The zero-order valence-electron chi connectivity index (χ0n) is 12.5. The molecule has 0 saturated carbocycles. The first-order valence-electron chi connectivity index (χ1n) is 7.01. The fourth-order valence-corrected chi connectivity index (χ4v) is 3.36. The van der Waals surface area contributed by atoms with Gasteiger partial charge in [-0.1, -0.05) is 34.1 Å². The third-order valence-corrected chi connectivity index (χ3v) is 5.38. The van der Waals surface area contributed by atoms with Gasteiger partial charge in [0.2, 0.25) is 5.91 Å². The number of carbonyl (C=O) groups excluding carboxylic acids is 2. The molecule has 2 aromatic rings. The van der Waals surface area contributed by atoms with Gasteiger partial charge in [0.05, 0.1) is 10.6 Å². The number of carbonyl (C=O) groups is 2. The Labute approximate surface area is 148 Å². The van der Waals surface area contributed by atoms with Crippen LogP contribution in [0.3, 0.4) is 0 Å². The quantitative estimate of drug-likeness (QED) is 0.737. The number of benzene rings is 2. The lowest BCUT2D eigenvalue weighted by Gasteiger charge is -2.08. The summed E-state index contributed by atoms with van der Waals surface area (Å²) in [6.45, 7) is 0. The number of rotatable bonds is 5. The van der Waals surface area contributed by atoms with Gasteiger partial charge in [-0.25, -0.2) is 8.42 Å². The van der Waals surface area contributed by atoms with Crippen LogP contribution in [0.15, 0.2) is 64.0 Å². The lowest BCUT2D eigenvalue weighted by atomic mass is 10.2. The van der Waals surface area contributed by atoms with Crippen molar-refractivity contribution in [2.24, 2.45) is 0 Å². The molecule has 0 aromatic heterocycles. The molecule has 0 spiro atoms. The summed E-state index contributed by atoms with van der Waals surface area (Å²) >= 11 is 3.26. The van der Waals surface area contributed by atoms with Crippen LogP contribution >= 0.6 is 15.9 Å². The van der Waals surface area contributed by atoms with Crippen LogP contribution < -0.4 is 10.9 Å². The molecule has 2 rings (SSSR count). The minimum atomic E-state index is -3.53. The van der Waals surface area contributed by atoms with Gasteiger partial charge in [0.25, 0.3) is 5.91 Å². The molecule has 6 nitrogen and oxygen atoms in total. The second-order valence-corrected chi connectivity index (χ2v) is 7.92. The van der Waals surface area contributed by atoms with Crippen LogP contribution in [0.25, 0.3) is 0 Å². The number of nitrogens with one attached hydrogen (secondary N) is 2. The summed E-state index contributed by atoms with van der Waals surface area (Å²) in [5.41, 5.74) is 4.82. The number of hydrogen-bond donors (Lipinski definition) is 2. The molecule has 2 N–H and O–H groups in total. The number of hydrazine groups is 1. The average molecular weight is 411 g/mol. The van der Waals surface area contributed by atoms with Gasteiger partial charge in [0.15, 0.2) is 9.84 Å². The Morgan fingerprint density at radius 2 is 1.54 bits per heavy atom. The third kappa shape index (κ3) is 5.17. The van der Waals surface area contributed by atoms with Crippen LogP contribution in [0, 0.1) is 0 Å². The molecule has 0 aliphatic heterocycles. The molecule has 0 aliphatic carbocycles. The molecule has 126 valence electrons. The number of halogens is 1. The van der Waals surface area contributed by atoms with Crippen LogP contribution in [0.5, 0.6) is 0 Å². The van der Waals surface area contributed by atoms with Gasteiger partial charge >= 0.3 is 0 Å². The zero-order valence-corrected chi connectivity index (χ0v) is 14.9. The maximum Gasteiger partial charge on any atom is 0.269 e. The zero-order chi connectivity index (χ0) is 17.6. The largest absolute Gasteiger partial charge is 0.273 e. The summed E-state index contributed by atoms with van der Waals surface area (Å²) in [6, 6.07) is 14.5. The molecule has 8 heteroatoms. The van der Waals surface area contributed by atoms with E-state index >= 15 is 0 Å². The SMILES string of the molecule is O=C(CCS(=O)(=O)c1ccccc1)NNC(=O)c1ccc(Br)cc1. The van der Waals surface area contributed by atoms with Crippen LogP contribution in [0.2, 0.25) is 0 Å². The first kappa shape index (κ1) is 18.2. The molecule has 0 radical (unpaired) electrons. The van der Waals surface area contributed by atoms with Crippen molar-refractivity contribution in [1.29, 1.82) is 0 Å². The Hall–Kier alpha value is -2.19. The van der Waals surface area contributed by atoms with Crippen molar-refractivity contribution in [1.82, 2.24) is 10.9 Å². The number of amides is 2. The Kier molecular flexibility index (Phi) is 6.10. The van der Waals surface area contributed by atoms with Gasteiger partial charge in [-0.05, 0) is 36.4 Å². The fourth-order valence-electron chi connectivity index (χ4n) is 1.84. The van der Waals surface area contributed by atoms with Crippen molar-refractivity contribution in [2.45, 2.75) is 11.3 Å². The predicted octanol–water partition coefficient (Wildman–Crippen LogP) is 2.07. The highest BCUT2D eigenvalue weighted by Gasteiger charge is 2.16. The summed E-state index contributed by atoms with van der Waals surface area (Å²) in [5, 5.41) is 0. The first-order chi connectivity index (χ1) is 11.4. The van der Waals surface area contributed by atoms with E-state index in [0.717, 1.165) is 4.47 Å². The number of sulfone groups is 1. The van der Waals surface area contributed by atoms with Crippen LogP contribution in [-0.2, 0) is 14.6 Å². The van der Waals surface area contributed by atoms with Crippen molar-refractivity contribution in [3.05, 3.63) is 64.6 Å². The monoisotopic (exact) mass is 410 g/mol. The summed E-state index contributed by atoms with van der Waals surface area (Å²) in [7, 11) is -3.53. The molecule has 0 saturated heterocycles. The average Bonchev–Trinajstić information content (AvgIpc) is 2.59. The summed E-state index contributed by atoms with van der Waals surface area (Å²) < 4.78 is 24.9. The Morgan fingerprint density at radius 1 is 0.917 bits per heavy atom. The van der Waals surface area contributed by atoms with Crippen LogP contribution in [0.4, 0.5) is 0 Å². The molecule has 2 amide bonds. The molecular weight excluding hydrogens is 396 g/mol. The van der Waals surface area contributed by atoms with E-state index in [1.807, 2.05) is 0 Å². The maximum absolute atomic E-state index is 12.1. The molecule has 0 aliphatic rings. The van der Waals surface area contributed by atoms with Crippen molar-refractivity contribution in [3.8, 4) is 0 Å². The van der Waals surface area contributed by atoms with E-state index in [1.54, 1.807) is 42.5 Å². The van der Waals surface area contributed by atoms with Gasteiger partial charge in [-0.3, -0.25) is 20.4 Å². The highest BCUT2D eigenvalue weighted by Crippen LogP contribution is 2.11. The summed E-state index contributed by atoms with van der Waals surface area (Å²) in [5.74, 6) is -1.40. The second kappa shape index (κ2) is 8.07. The summed E-state index contributed by atoms with van der Waals surface area (Å²) in [6.07, 6.45) is -0.252. The lowest BCUT2D eigenvalue weighted by molar-refractivity contribution is -0.121. The minimum absolute atomic E-state index is 0.164. The third-order valence-electron chi connectivity index (χ3n) is 3.12. The molecule has 0 atom stereocenters. The topological polar surface area (TPSA) is 92.3 Å². The van der Waals surface area contributed by atoms with Crippen LogP contribution in [0.1, 0.15) is 16.8 Å². The van der Waals surface area contributed by atoms with Gasteiger partial charge in [0.1, 0.15) is 0 Å². The number of hydrogen-bond acceptors (Lipinski definition) is 4. The molecule has 24 heavy (non-hydrogen) atoms. The van der Waals surface area contributed by atoms with E-state index in [1.165, 1.54) is 12.1 Å². The van der Waals surface area contributed by atoms with Gasteiger partial charge in [-0.15, -0.1) is 0 Å². The molecule has 2 aromatic carbocycles. The van der Waals surface area contributed by atoms with E-state index < -0.39 is 21.7 Å².